The van der Waals surface area contributed by atoms with Crippen molar-refractivity contribution in [1.82, 2.24) is 0 Å². The molecular formula is C27H24O4. The molecule has 0 N–H and O–H groups in total. The number of aryl methyl sites for hydroxylation is 3. The first kappa shape index (κ1) is 19.6. The summed E-state index contributed by atoms with van der Waals surface area (Å²) < 4.78 is 10.4. The predicted molar refractivity (Wildman–Crippen MR) is 118 cm³/mol. The van der Waals surface area contributed by atoms with E-state index in [1.807, 2.05) is 6.07 Å². The van der Waals surface area contributed by atoms with Gasteiger partial charge in [0.2, 0.25) is 0 Å². The topological polar surface area (TPSA) is 52.6 Å². The maximum absolute atomic E-state index is 12.7. The second-order valence-electron chi connectivity index (χ2n) is 8.52. The van der Waals surface area contributed by atoms with Crippen molar-refractivity contribution >= 4 is 11.9 Å². The Balaban J connectivity index is 1.43. The Hall–Kier alpha value is -3.40. The summed E-state index contributed by atoms with van der Waals surface area (Å²) in [5.74, 6) is -0.315. The van der Waals surface area contributed by atoms with Crippen LogP contribution in [-0.4, -0.2) is 19.0 Å². The first-order chi connectivity index (χ1) is 15.0. The highest BCUT2D eigenvalue weighted by atomic mass is 16.5. The lowest BCUT2D eigenvalue weighted by Gasteiger charge is -2.27. The van der Waals surface area contributed by atoms with Crippen molar-refractivity contribution in [3.05, 3.63) is 99.6 Å². The number of ether oxygens (including phenoxy) is 2. The van der Waals surface area contributed by atoms with Gasteiger partial charge in [0.05, 0.1) is 18.2 Å². The third-order valence-corrected chi connectivity index (χ3v) is 6.77. The molecule has 31 heavy (non-hydrogen) atoms. The molecule has 3 aromatic rings. The summed E-state index contributed by atoms with van der Waals surface area (Å²) in [7, 11) is 1.33. The van der Waals surface area contributed by atoms with Crippen molar-refractivity contribution in [2.75, 3.05) is 7.11 Å². The highest BCUT2D eigenvalue weighted by Crippen LogP contribution is 2.53. The number of hydrogen-bond donors (Lipinski definition) is 0. The van der Waals surface area contributed by atoms with Gasteiger partial charge in [-0.1, -0.05) is 29.8 Å². The number of fused-ring (bicyclic) bond motifs is 4. The van der Waals surface area contributed by atoms with Crippen LogP contribution in [0.1, 0.15) is 61.4 Å². The molecule has 0 saturated carbocycles. The van der Waals surface area contributed by atoms with Crippen molar-refractivity contribution < 1.29 is 19.1 Å². The summed E-state index contributed by atoms with van der Waals surface area (Å²) in [6.07, 6.45) is 4.34. The zero-order valence-corrected chi connectivity index (χ0v) is 17.7. The van der Waals surface area contributed by atoms with E-state index in [0.29, 0.717) is 16.9 Å². The Morgan fingerprint density at radius 3 is 2.00 bits per heavy atom. The molecule has 156 valence electrons. The van der Waals surface area contributed by atoms with Crippen molar-refractivity contribution in [1.29, 1.82) is 0 Å². The molecule has 2 aliphatic carbocycles. The van der Waals surface area contributed by atoms with E-state index >= 15 is 0 Å². The zero-order chi connectivity index (χ0) is 21.6. The number of benzene rings is 3. The standard InChI is InChI=1S/C27H24O4/c1-17-3-4-18-11-13-27(23(18)15-17)14-12-19-9-10-22(16-24(19)27)31-26(29)21-7-5-20(6-8-21)25(28)30-2/h3-10,15-16H,11-14H2,1-2H3. The molecule has 0 bridgehead atoms. The lowest BCUT2D eigenvalue weighted by Crippen LogP contribution is -2.21. The maximum atomic E-state index is 12.7. The smallest absolute Gasteiger partial charge is 0.343 e. The molecule has 0 aromatic heterocycles. The summed E-state index contributed by atoms with van der Waals surface area (Å²) in [4.78, 5) is 24.3. The number of esters is 2. The minimum absolute atomic E-state index is 0.0290. The van der Waals surface area contributed by atoms with Gasteiger partial charge in [0.25, 0.3) is 0 Å². The molecule has 1 unspecified atom stereocenters. The van der Waals surface area contributed by atoms with Gasteiger partial charge in [0.1, 0.15) is 5.75 Å². The van der Waals surface area contributed by atoms with Crippen molar-refractivity contribution in [3.63, 3.8) is 0 Å². The molecule has 0 aliphatic heterocycles. The molecule has 1 atom stereocenters. The predicted octanol–water partition coefficient (Wildman–Crippen LogP) is 5.18. The molecular weight excluding hydrogens is 388 g/mol. The fraction of sp³-hybridized carbons (Fsp3) is 0.259. The van der Waals surface area contributed by atoms with Gasteiger partial charge < -0.3 is 9.47 Å². The first-order valence-corrected chi connectivity index (χ1v) is 10.6. The zero-order valence-electron chi connectivity index (χ0n) is 17.7. The van der Waals surface area contributed by atoms with Crippen LogP contribution in [-0.2, 0) is 23.0 Å². The molecule has 0 heterocycles. The largest absolute Gasteiger partial charge is 0.465 e. The van der Waals surface area contributed by atoms with Crippen LogP contribution in [0.25, 0.3) is 0 Å². The Kier molecular flexibility index (Phi) is 4.66. The Bertz CT molecular complexity index is 1190. The van der Waals surface area contributed by atoms with Crippen molar-refractivity contribution in [2.45, 2.75) is 38.0 Å². The number of hydrogen-bond acceptors (Lipinski definition) is 4. The highest BCUT2D eigenvalue weighted by molar-refractivity contribution is 5.94. The van der Waals surface area contributed by atoms with Crippen LogP contribution < -0.4 is 4.74 Å². The van der Waals surface area contributed by atoms with E-state index in [4.69, 9.17) is 9.47 Å². The van der Waals surface area contributed by atoms with Crippen LogP contribution in [0.3, 0.4) is 0 Å². The van der Waals surface area contributed by atoms with Gasteiger partial charge in [-0.25, -0.2) is 9.59 Å². The third kappa shape index (κ3) is 3.23. The second-order valence-corrected chi connectivity index (χ2v) is 8.52. The van der Waals surface area contributed by atoms with Gasteiger partial charge in [-0.2, -0.15) is 0 Å². The van der Waals surface area contributed by atoms with E-state index < -0.39 is 11.9 Å². The van der Waals surface area contributed by atoms with Gasteiger partial charge in [-0.15, -0.1) is 0 Å². The summed E-state index contributed by atoms with van der Waals surface area (Å²) in [6, 6.07) is 19.1. The average molecular weight is 412 g/mol. The minimum atomic E-state index is -0.439. The quantitative estimate of drug-likeness (QED) is 0.439. The summed E-state index contributed by atoms with van der Waals surface area (Å²) in [5, 5.41) is 0. The van der Waals surface area contributed by atoms with Crippen LogP contribution in [0.4, 0.5) is 0 Å². The SMILES string of the molecule is COC(=O)c1ccc(C(=O)Oc2ccc3c(c2)C2(CCc4ccc(C)cc42)CC3)cc1. The summed E-state index contributed by atoms with van der Waals surface area (Å²) >= 11 is 0. The lowest BCUT2D eigenvalue weighted by molar-refractivity contribution is 0.0599. The molecule has 2 aliphatic rings. The lowest BCUT2D eigenvalue weighted by atomic mass is 9.76. The Morgan fingerprint density at radius 2 is 1.35 bits per heavy atom. The summed E-state index contributed by atoms with van der Waals surface area (Å²) in [6.45, 7) is 2.14. The highest BCUT2D eigenvalue weighted by Gasteiger charge is 2.44. The van der Waals surface area contributed by atoms with E-state index in [0.717, 1.165) is 25.7 Å². The number of carbonyl (C=O) groups excluding carboxylic acids is 2. The minimum Gasteiger partial charge on any atom is -0.465 e. The molecule has 0 radical (unpaired) electrons. The van der Waals surface area contributed by atoms with E-state index in [1.54, 1.807) is 24.3 Å². The van der Waals surface area contributed by atoms with E-state index in [1.165, 1.54) is 34.9 Å². The van der Waals surface area contributed by atoms with Gasteiger partial charge in [-0.3, -0.25) is 0 Å². The van der Waals surface area contributed by atoms with Crippen LogP contribution >= 0.6 is 0 Å². The van der Waals surface area contributed by atoms with Crippen LogP contribution in [0, 0.1) is 6.92 Å². The first-order valence-electron chi connectivity index (χ1n) is 10.6. The van der Waals surface area contributed by atoms with Gasteiger partial charge in [0, 0.05) is 5.41 Å². The van der Waals surface area contributed by atoms with Crippen LogP contribution in [0.15, 0.2) is 60.7 Å². The molecule has 4 heteroatoms. The maximum Gasteiger partial charge on any atom is 0.343 e. The molecule has 0 saturated heterocycles. The van der Waals surface area contributed by atoms with Crippen molar-refractivity contribution in [2.24, 2.45) is 0 Å². The van der Waals surface area contributed by atoms with E-state index in [2.05, 4.69) is 37.3 Å². The van der Waals surface area contributed by atoms with Gasteiger partial charge in [0.15, 0.2) is 0 Å². The molecule has 0 fully saturated rings. The van der Waals surface area contributed by atoms with E-state index in [-0.39, 0.29) is 5.41 Å². The summed E-state index contributed by atoms with van der Waals surface area (Å²) in [5.41, 5.74) is 7.62. The van der Waals surface area contributed by atoms with E-state index in [9.17, 15) is 9.59 Å². The molecule has 3 aromatic carbocycles. The molecule has 5 rings (SSSR count). The monoisotopic (exact) mass is 412 g/mol. The third-order valence-electron chi connectivity index (χ3n) is 6.77. The Morgan fingerprint density at radius 1 is 0.774 bits per heavy atom. The number of carbonyl (C=O) groups is 2. The molecule has 1 spiro atoms. The van der Waals surface area contributed by atoms with Crippen LogP contribution in [0.2, 0.25) is 0 Å². The fourth-order valence-corrected chi connectivity index (χ4v) is 5.17. The number of rotatable bonds is 3. The van der Waals surface area contributed by atoms with Crippen molar-refractivity contribution in [3.8, 4) is 5.75 Å². The number of methoxy groups -OCH3 is 1. The molecule has 4 nitrogen and oxygen atoms in total. The van der Waals surface area contributed by atoms with Crippen LogP contribution in [0.5, 0.6) is 5.75 Å². The van der Waals surface area contributed by atoms with Gasteiger partial charge >= 0.3 is 11.9 Å². The normalized spacial score (nSPS) is 18.5. The van der Waals surface area contributed by atoms with Gasteiger partial charge in [-0.05, 0) is 91.3 Å². The Labute approximate surface area is 181 Å². The fourth-order valence-electron chi connectivity index (χ4n) is 5.17. The molecule has 0 amide bonds. The second kappa shape index (κ2) is 7.38. The average Bonchev–Trinajstić information content (AvgIpc) is 3.35.